The number of hydrogen-bond acceptors (Lipinski definition) is 4. The Morgan fingerprint density at radius 2 is 1.12 bits per heavy atom. The Labute approximate surface area is 70.6 Å². The van der Waals surface area contributed by atoms with E-state index in [1.165, 1.54) is 0 Å². The van der Waals surface area contributed by atoms with Crippen LogP contribution in [0.25, 0.3) is 0 Å². The van der Waals surface area contributed by atoms with Crippen molar-refractivity contribution in [3.05, 3.63) is 0 Å². The first-order valence-corrected chi connectivity index (χ1v) is 2.19. The molecule has 0 N–H and O–H groups in total. The molecule has 0 saturated heterocycles. The molecule has 0 heterocycles. The van der Waals surface area contributed by atoms with Crippen molar-refractivity contribution in [2.75, 3.05) is 0 Å². The summed E-state index contributed by atoms with van der Waals surface area (Å²) in [6.45, 7) is 0. The van der Waals surface area contributed by atoms with E-state index in [1.54, 1.807) is 0 Å². The summed E-state index contributed by atoms with van der Waals surface area (Å²) < 4.78 is 8.55. The molecule has 0 aromatic heterocycles. The topological polar surface area (TPSA) is 86.2 Å². The average molecular weight is 174 g/mol. The third kappa shape index (κ3) is 186. The van der Waals surface area contributed by atoms with E-state index in [4.69, 9.17) is 19.2 Å². The molecular weight excluding hydrogens is 170 g/mol. The molecule has 8 heavy (non-hydrogen) atoms. The van der Waals surface area contributed by atoms with Crippen LogP contribution >= 0.6 is 7.82 Å². The van der Waals surface area contributed by atoms with Gasteiger partial charge in [0.1, 0.15) is 0 Å². The van der Waals surface area contributed by atoms with E-state index in [9.17, 15) is 0 Å². The second-order valence-electron chi connectivity index (χ2n) is 0.447. The maximum Gasteiger partial charge on any atom is 3.00 e. The molecule has 0 aromatic carbocycles. The van der Waals surface area contributed by atoms with Crippen LogP contribution in [0.2, 0.25) is 0 Å². The first-order chi connectivity index (χ1) is 2.00. The minimum atomic E-state index is -5.39. The molecule has 0 aliphatic carbocycles. The summed E-state index contributed by atoms with van der Waals surface area (Å²) in [6, 6.07) is 0. The van der Waals surface area contributed by atoms with Gasteiger partial charge in [-0.1, -0.05) is 7.43 Å². The predicted octanol–water partition coefficient (Wildman–Crippen LogP) is -2.57. The van der Waals surface area contributed by atoms with Gasteiger partial charge in [0, 0.05) is 18.9 Å². The van der Waals surface area contributed by atoms with Gasteiger partial charge in [0.05, 0.1) is 0 Å². The van der Waals surface area contributed by atoms with Crippen molar-refractivity contribution in [1.82, 2.24) is 0 Å². The van der Waals surface area contributed by atoms with Crippen LogP contribution in [0.15, 0.2) is 0 Å². The zero-order valence-corrected chi connectivity index (χ0v) is 5.43. The van der Waals surface area contributed by atoms with E-state index in [0.717, 1.165) is 0 Å². The summed E-state index contributed by atoms with van der Waals surface area (Å²) in [6.07, 6.45) is 0. The molecule has 0 rings (SSSR count). The SMILES string of the molecule is C.O=P([O-])([O-])[O-].[Fe+3].[Li]. The zero-order chi connectivity index (χ0) is 4.50. The van der Waals surface area contributed by atoms with E-state index >= 15 is 0 Å². The Balaban J connectivity index is -0.0000000267. The Morgan fingerprint density at radius 3 is 1.12 bits per heavy atom. The zero-order valence-electron chi connectivity index (χ0n) is 3.43. The molecule has 0 spiro atoms. The van der Waals surface area contributed by atoms with Gasteiger partial charge in [0.25, 0.3) is 0 Å². The van der Waals surface area contributed by atoms with E-state index in [0.29, 0.717) is 0 Å². The van der Waals surface area contributed by atoms with Crippen LogP contribution in [0, 0.1) is 0 Å². The van der Waals surface area contributed by atoms with Gasteiger partial charge in [0.2, 0.25) is 0 Å². The van der Waals surface area contributed by atoms with Crippen molar-refractivity contribution in [1.29, 1.82) is 0 Å². The van der Waals surface area contributed by atoms with Gasteiger partial charge >= 0.3 is 17.1 Å². The van der Waals surface area contributed by atoms with E-state index in [-0.39, 0.29) is 43.4 Å². The molecule has 0 aliphatic heterocycles. The van der Waals surface area contributed by atoms with Crippen molar-refractivity contribution in [3.63, 3.8) is 0 Å². The smallest absolute Gasteiger partial charge is 0.822 e. The standard InChI is InChI=1S/CH4.Fe.Li.H3O4P/c;;;1-5(2,3)4/h1H4;;;(H3,1,2,3,4)/q;+3;;/p-3. The molecule has 0 aliphatic rings. The molecule has 0 amide bonds. The van der Waals surface area contributed by atoms with Gasteiger partial charge in [0.15, 0.2) is 0 Å². The fourth-order valence-corrected chi connectivity index (χ4v) is 0. The van der Waals surface area contributed by atoms with Crippen molar-refractivity contribution in [2.45, 2.75) is 7.43 Å². The van der Waals surface area contributed by atoms with Gasteiger partial charge in [-0.05, 0) is 0 Å². The molecule has 0 unspecified atom stereocenters. The van der Waals surface area contributed by atoms with Crippen molar-refractivity contribution >= 4 is 26.7 Å². The minimum Gasteiger partial charge on any atom is -0.822 e. The Kier molecular flexibility index (Phi) is 23.5. The van der Waals surface area contributed by atoms with Crippen LogP contribution < -0.4 is 14.7 Å². The number of hydrogen-bond donors (Lipinski definition) is 0. The van der Waals surface area contributed by atoms with Crippen LogP contribution in [-0.2, 0) is 21.6 Å². The second kappa shape index (κ2) is 8.23. The van der Waals surface area contributed by atoms with E-state index in [2.05, 4.69) is 0 Å². The number of phosphoric acid groups is 1. The van der Waals surface area contributed by atoms with Crippen LogP contribution in [0.4, 0.5) is 0 Å². The quantitative estimate of drug-likeness (QED) is 0.298. The van der Waals surface area contributed by atoms with Gasteiger partial charge in [-0.15, -0.1) is 0 Å². The molecule has 0 aromatic rings. The third-order valence-electron chi connectivity index (χ3n) is 0. The minimum absolute atomic E-state index is 0. The molecule has 0 atom stereocenters. The van der Waals surface area contributed by atoms with Gasteiger partial charge in [-0.3, -0.25) is 0 Å². The second-order valence-corrected chi connectivity index (χ2v) is 1.34. The maximum absolute atomic E-state index is 8.55. The summed E-state index contributed by atoms with van der Waals surface area (Å²) in [5.41, 5.74) is 0. The molecule has 0 fully saturated rings. The predicted molar refractivity (Wildman–Crippen MR) is 20.1 cm³/mol. The monoisotopic (exact) mass is 174 g/mol. The third-order valence-corrected chi connectivity index (χ3v) is 0. The Morgan fingerprint density at radius 1 is 1.12 bits per heavy atom. The normalized spacial score (nSPS) is 7.38. The van der Waals surface area contributed by atoms with Crippen molar-refractivity contribution < 1.29 is 36.3 Å². The molecule has 7 heteroatoms. The summed E-state index contributed by atoms with van der Waals surface area (Å²) in [5, 5.41) is 0. The molecule has 0 saturated carbocycles. The van der Waals surface area contributed by atoms with Gasteiger partial charge in [-0.2, -0.15) is 7.82 Å². The Bertz CT molecular complexity index is 62.2. The molecule has 4 nitrogen and oxygen atoms in total. The fraction of sp³-hybridized carbons (Fsp3) is 1.00. The van der Waals surface area contributed by atoms with Crippen LogP contribution in [0.1, 0.15) is 7.43 Å². The van der Waals surface area contributed by atoms with E-state index in [1.807, 2.05) is 0 Å². The molecule has 0 bridgehead atoms. The average Bonchev–Trinajstić information content (AvgIpc) is 0.722. The molecular formula is CH4FeLiO4P. The van der Waals surface area contributed by atoms with Crippen molar-refractivity contribution in [2.24, 2.45) is 0 Å². The number of rotatable bonds is 0. The van der Waals surface area contributed by atoms with Crippen molar-refractivity contribution in [3.8, 4) is 0 Å². The maximum atomic E-state index is 8.55. The fourth-order valence-electron chi connectivity index (χ4n) is 0. The van der Waals surface area contributed by atoms with Crippen LogP contribution in [0.5, 0.6) is 0 Å². The van der Waals surface area contributed by atoms with Gasteiger partial charge in [-0.25, -0.2) is 0 Å². The molecule has 2 radical (unpaired) electrons. The first kappa shape index (κ1) is 22.9. The van der Waals surface area contributed by atoms with Crippen LogP contribution in [0.3, 0.4) is 0 Å². The van der Waals surface area contributed by atoms with Crippen LogP contribution in [-0.4, -0.2) is 18.9 Å². The molecule has 46 valence electrons. The Hall–Kier alpha value is 1.23. The summed E-state index contributed by atoms with van der Waals surface area (Å²) >= 11 is 0. The van der Waals surface area contributed by atoms with E-state index < -0.39 is 7.82 Å². The summed E-state index contributed by atoms with van der Waals surface area (Å²) in [4.78, 5) is 25.6. The largest absolute Gasteiger partial charge is 3.00 e. The summed E-state index contributed by atoms with van der Waals surface area (Å²) in [5.74, 6) is 0. The summed E-state index contributed by atoms with van der Waals surface area (Å²) in [7, 11) is -5.39. The van der Waals surface area contributed by atoms with Gasteiger partial charge < -0.3 is 19.2 Å². The first-order valence-electron chi connectivity index (χ1n) is 0.730.